The van der Waals surface area contributed by atoms with Crippen molar-refractivity contribution in [3.05, 3.63) is 58.5 Å². The fraction of sp³-hybridized carbons (Fsp3) is 0.455. The number of nitrogens with one attached hydrogen (secondary N) is 1. The molecule has 0 spiro atoms. The summed E-state index contributed by atoms with van der Waals surface area (Å²) >= 11 is 0. The van der Waals surface area contributed by atoms with Crippen molar-refractivity contribution in [1.29, 1.82) is 0 Å². The van der Waals surface area contributed by atoms with Crippen molar-refractivity contribution in [3.63, 3.8) is 0 Å². The van der Waals surface area contributed by atoms with Gasteiger partial charge in [0.05, 0.1) is 4.90 Å². The number of carbonyl (C=O) groups is 1. The van der Waals surface area contributed by atoms with Gasteiger partial charge in [0.15, 0.2) is 0 Å². The van der Waals surface area contributed by atoms with Crippen LogP contribution in [-0.4, -0.2) is 36.3 Å². The number of sulfonamides is 1. The van der Waals surface area contributed by atoms with Gasteiger partial charge in [-0.05, 0) is 42.7 Å². The Morgan fingerprint density at radius 3 is 2.40 bits per heavy atom. The second kappa shape index (κ2) is 7.35. The minimum Gasteiger partial charge on any atom is -0.326 e. The van der Waals surface area contributed by atoms with Crippen molar-refractivity contribution in [1.82, 2.24) is 8.87 Å². The molecule has 2 atom stereocenters. The van der Waals surface area contributed by atoms with Gasteiger partial charge in [0.1, 0.15) is 0 Å². The fourth-order valence-electron chi connectivity index (χ4n) is 4.23. The van der Waals surface area contributed by atoms with E-state index in [9.17, 15) is 18.0 Å². The number of hydrogen-bond acceptors (Lipinski definition) is 4. The molecule has 0 aliphatic carbocycles. The van der Waals surface area contributed by atoms with Crippen LogP contribution >= 0.6 is 0 Å². The molecule has 0 radical (unpaired) electrons. The van der Waals surface area contributed by atoms with Crippen molar-refractivity contribution in [2.45, 2.75) is 44.6 Å². The fourth-order valence-corrected chi connectivity index (χ4v) is 5.79. The average Bonchev–Trinajstić information content (AvgIpc) is 2.68. The summed E-state index contributed by atoms with van der Waals surface area (Å²) in [5, 5.41) is 2.81. The van der Waals surface area contributed by atoms with Crippen LogP contribution in [0, 0.1) is 11.3 Å². The molecule has 1 aromatic heterocycles. The maximum absolute atomic E-state index is 13.3. The zero-order chi connectivity index (χ0) is 21.7. The van der Waals surface area contributed by atoms with Crippen LogP contribution in [0.4, 0.5) is 5.69 Å². The van der Waals surface area contributed by atoms with Crippen molar-refractivity contribution >= 4 is 21.6 Å². The van der Waals surface area contributed by atoms with Gasteiger partial charge in [-0.25, -0.2) is 8.42 Å². The number of fused-ring (bicyclic) bond motifs is 4. The molecule has 8 heteroatoms. The average molecular weight is 430 g/mol. The summed E-state index contributed by atoms with van der Waals surface area (Å²) in [5.41, 5.74) is 0.928. The first-order valence-corrected chi connectivity index (χ1v) is 11.6. The van der Waals surface area contributed by atoms with Crippen LogP contribution in [0.3, 0.4) is 0 Å². The lowest BCUT2D eigenvalue weighted by atomic mass is 9.84. The van der Waals surface area contributed by atoms with Gasteiger partial charge >= 0.3 is 0 Å². The molecule has 1 aromatic carbocycles. The molecular formula is C22H27N3O4S. The number of piperidine rings is 1. The van der Waals surface area contributed by atoms with E-state index < -0.39 is 15.4 Å². The third kappa shape index (κ3) is 3.81. The molecule has 1 fully saturated rings. The third-order valence-electron chi connectivity index (χ3n) is 5.88. The highest BCUT2D eigenvalue weighted by atomic mass is 32.2. The molecule has 1 amide bonds. The Hall–Kier alpha value is -2.45. The number of hydrogen-bond donors (Lipinski definition) is 1. The second-order valence-corrected chi connectivity index (χ2v) is 11.2. The van der Waals surface area contributed by atoms with Crippen molar-refractivity contribution in [3.8, 4) is 0 Å². The molecule has 1 N–H and O–H groups in total. The smallest absolute Gasteiger partial charge is 0.250 e. The normalized spacial score (nSPS) is 21.7. The first kappa shape index (κ1) is 20.8. The molecule has 2 aliphatic heterocycles. The minimum absolute atomic E-state index is 0.0199. The van der Waals surface area contributed by atoms with Gasteiger partial charge in [0.2, 0.25) is 15.9 Å². The SMILES string of the molecule is CC(C)(C)C(=O)Nc1ccc(S(=O)(=O)N2C[C@@H]3C[C@@H](C2)c2cccc(=O)n2C3)cc1. The van der Waals surface area contributed by atoms with Crippen LogP contribution in [-0.2, 0) is 21.4 Å². The summed E-state index contributed by atoms with van der Waals surface area (Å²) in [6.07, 6.45) is 0.896. The summed E-state index contributed by atoms with van der Waals surface area (Å²) < 4.78 is 29.8. The highest BCUT2D eigenvalue weighted by Gasteiger charge is 2.39. The topological polar surface area (TPSA) is 88.5 Å². The van der Waals surface area contributed by atoms with E-state index in [4.69, 9.17) is 0 Å². The number of anilines is 1. The quantitative estimate of drug-likeness (QED) is 0.812. The van der Waals surface area contributed by atoms with Crippen molar-refractivity contribution in [2.24, 2.45) is 11.3 Å². The van der Waals surface area contributed by atoms with Crippen LogP contribution in [0.1, 0.15) is 38.8 Å². The standard InChI is InChI=1S/C22H27N3O4S/c1-22(2,3)21(27)23-17-7-9-18(10-8-17)30(28,29)24-12-15-11-16(14-24)19-5-4-6-20(26)25(19)13-15/h4-10,15-16H,11-14H2,1-3H3,(H,23,27)/t15-,16-/m0/s1. The Bertz CT molecular complexity index is 1130. The Morgan fingerprint density at radius 1 is 1.03 bits per heavy atom. The predicted molar refractivity (Wildman–Crippen MR) is 115 cm³/mol. The molecule has 2 aromatic rings. The second-order valence-electron chi connectivity index (χ2n) is 9.25. The van der Waals surface area contributed by atoms with Crippen LogP contribution in [0.2, 0.25) is 0 Å². The van der Waals surface area contributed by atoms with Crippen LogP contribution < -0.4 is 10.9 Å². The Kier molecular flexibility index (Phi) is 5.10. The van der Waals surface area contributed by atoms with Gasteiger partial charge in [-0.15, -0.1) is 0 Å². The van der Waals surface area contributed by atoms with Crippen LogP contribution in [0.25, 0.3) is 0 Å². The summed E-state index contributed by atoms with van der Waals surface area (Å²) in [4.78, 5) is 24.5. The van der Waals surface area contributed by atoms with Gasteiger partial charge in [-0.3, -0.25) is 9.59 Å². The van der Waals surface area contributed by atoms with E-state index in [0.717, 1.165) is 12.1 Å². The predicted octanol–water partition coefficient (Wildman–Crippen LogP) is 2.64. The van der Waals surface area contributed by atoms with Crippen LogP contribution in [0.5, 0.6) is 0 Å². The first-order valence-electron chi connectivity index (χ1n) is 10.2. The molecule has 2 aliphatic rings. The maximum atomic E-state index is 13.3. The lowest BCUT2D eigenvalue weighted by molar-refractivity contribution is -0.123. The van der Waals surface area contributed by atoms with Crippen molar-refractivity contribution in [2.75, 3.05) is 18.4 Å². The molecule has 160 valence electrons. The molecule has 0 saturated carbocycles. The first-order chi connectivity index (χ1) is 14.1. The van der Waals surface area contributed by atoms with Gasteiger partial charge in [0, 0.05) is 48.4 Å². The Morgan fingerprint density at radius 2 is 1.73 bits per heavy atom. The number of pyridine rings is 1. The summed E-state index contributed by atoms with van der Waals surface area (Å²) in [7, 11) is -3.66. The number of nitrogens with zero attached hydrogens (tertiary/aromatic N) is 2. The van der Waals surface area contributed by atoms with E-state index in [0.29, 0.717) is 25.3 Å². The van der Waals surface area contributed by atoms with Gasteiger partial charge in [-0.1, -0.05) is 26.8 Å². The number of aromatic nitrogens is 1. The number of rotatable bonds is 3. The zero-order valence-electron chi connectivity index (χ0n) is 17.5. The van der Waals surface area contributed by atoms with Crippen molar-refractivity contribution < 1.29 is 13.2 Å². The molecular weight excluding hydrogens is 402 g/mol. The van der Waals surface area contributed by atoms with Crippen LogP contribution in [0.15, 0.2) is 52.2 Å². The molecule has 7 nitrogen and oxygen atoms in total. The number of amides is 1. The monoisotopic (exact) mass is 429 g/mol. The molecule has 30 heavy (non-hydrogen) atoms. The highest BCUT2D eigenvalue weighted by molar-refractivity contribution is 7.89. The van der Waals surface area contributed by atoms with Gasteiger partial charge in [0.25, 0.3) is 5.56 Å². The van der Waals surface area contributed by atoms with E-state index in [1.807, 2.05) is 26.8 Å². The number of carbonyl (C=O) groups excluding carboxylic acids is 1. The lowest BCUT2D eigenvalue weighted by Gasteiger charge is -2.42. The molecule has 2 bridgehead atoms. The van der Waals surface area contributed by atoms with E-state index in [2.05, 4.69) is 5.32 Å². The zero-order valence-corrected chi connectivity index (χ0v) is 18.3. The summed E-state index contributed by atoms with van der Waals surface area (Å²) in [6, 6.07) is 11.5. The molecule has 4 rings (SSSR count). The van der Waals surface area contributed by atoms with E-state index in [-0.39, 0.29) is 28.2 Å². The Balaban J connectivity index is 1.55. The van der Waals surface area contributed by atoms with E-state index in [1.165, 1.54) is 16.4 Å². The largest absolute Gasteiger partial charge is 0.326 e. The van der Waals surface area contributed by atoms with E-state index >= 15 is 0 Å². The van der Waals surface area contributed by atoms with Gasteiger partial charge < -0.3 is 9.88 Å². The lowest BCUT2D eigenvalue weighted by Crippen LogP contribution is -2.48. The highest BCUT2D eigenvalue weighted by Crippen LogP contribution is 2.37. The summed E-state index contributed by atoms with van der Waals surface area (Å²) in [6.45, 7) is 6.78. The Labute approximate surface area is 176 Å². The number of benzene rings is 1. The maximum Gasteiger partial charge on any atom is 0.250 e. The van der Waals surface area contributed by atoms with Gasteiger partial charge in [-0.2, -0.15) is 4.31 Å². The van der Waals surface area contributed by atoms with E-state index in [1.54, 1.807) is 28.8 Å². The third-order valence-corrected chi connectivity index (χ3v) is 7.72. The minimum atomic E-state index is -3.66. The summed E-state index contributed by atoms with van der Waals surface area (Å²) in [5.74, 6) is 0.0128. The molecule has 0 unspecified atom stereocenters. The molecule has 1 saturated heterocycles. The molecule has 3 heterocycles.